The van der Waals surface area contributed by atoms with Crippen molar-refractivity contribution in [2.75, 3.05) is 13.1 Å². The summed E-state index contributed by atoms with van der Waals surface area (Å²) in [7, 11) is 0. The molecule has 3 atom stereocenters. The fraction of sp³-hybridized carbons (Fsp3) is 0.929. The van der Waals surface area contributed by atoms with Gasteiger partial charge in [-0.1, -0.05) is 26.2 Å². The quantitative estimate of drug-likeness (QED) is 0.717. The molecule has 0 aromatic heterocycles. The second-order valence-corrected chi connectivity index (χ2v) is 5.86. The van der Waals surface area contributed by atoms with Crippen LogP contribution < -0.4 is 0 Å². The van der Waals surface area contributed by atoms with Gasteiger partial charge < -0.3 is 0 Å². The van der Waals surface area contributed by atoms with Crippen LogP contribution in [0.3, 0.4) is 0 Å². The monoisotopic (exact) mass is 223 g/mol. The highest BCUT2D eigenvalue weighted by molar-refractivity contribution is 5.79. The lowest BCUT2D eigenvalue weighted by molar-refractivity contribution is -0.123. The highest BCUT2D eigenvalue weighted by atomic mass is 16.1. The van der Waals surface area contributed by atoms with E-state index in [-0.39, 0.29) is 0 Å². The fourth-order valence-corrected chi connectivity index (χ4v) is 3.29. The predicted octanol–water partition coefficient (Wildman–Crippen LogP) is 2.87. The van der Waals surface area contributed by atoms with Gasteiger partial charge in [0.25, 0.3) is 0 Å². The zero-order valence-corrected chi connectivity index (χ0v) is 10.7. The van der Waals surface area contributed by atoms with Crippen molar-refractivity contribution < 1.29 is 4.79 Å². The van der Waals surface area contributed by atoms with Crippen LogP contribution in [0.4, 0.5) is 0 Å². The van der Waals surface area contributed by atoms with Gasteiger partial charge in [-0.2, -0.15) is 0 Å². The number of nitrogens with zero attached hydrogens (tertiary/aromatic N) is 1. The Hall–Kier alpha value is -0.370. The van der Waals surface area contributed by atoms with Crippen LogP contribution in [-0.4, -0.2) is 29.8 Å². The van der Waals surface area contributed by atoms with E-state index >= 15 is 0 Å². The van der Waals surface area contributed by atoms with E-state index in [0.717, 1.165) is 31.2 Å². The molecule has 0 spiro atoms. The van der Waals surface area contributed by atoms with E-state index in [0.29, 0.717) is 11.8 Å². The summed E-state index contributed by atoms with van der Waals surface area (Å²) < 4.78 is 0. The van der Waals surface area contributed by atoms with Crippen LogP contribution >= 0.6 is 0 Å². The molecule has 1 aliphatic carbocycles. The number of hydrogen-bond acceptors (Lipinski definition) is 2. The number of carbonyl (C=O) groups excluding carboxylic acids is 1. The molecule has 3 unspecified atom stereocenters. The van der Waals surface area contributed by atoms with Gasteiger partial charge in [0.15, 0.2) is 0 Å². The van der Waals surface area contributed by atoms with Crippen molar-refractivity contribution >= 4 is 5.78 Å². The van der Waals surface area contributed by atoms with Gasteiger partial charge in [-0.05, 0) is 25.2 Å². The summed E-state index contributed by atoms with van der Waals surface area (Å²) in [5.41, 5.74) is 0. The molecule has 2 aliphatic rings. The summed E-state index contributed by atoms with van der Waals surface area (Å²) >= 11 is 0. The van der Waals surface area contributed by atoms with Crippen molar-refractivity contribution in [3.8, 4) is 0 Å². The van der Waals surface area contributed by atoms with E-state index in [1.54, 1.807) is 0 Å². The molecular weight excluding hydrogens is 198 g/mol. The van der Waals surface area contributed by atoms with Crippen LogP contribution in [0, 0.1) is 11.8 Å². The first kappa shape index (κ1) is 12.1. The first-order valence-electron chi connectivity index (χ1n) is 6.92. The molecule has 0 aromatic rings. The number of ketones is 1. The van der Waals surface area contributed by atoms with Crippen molar-refractivity contribution in [2.24, 2.45) is 11.8 Å². The molecule has 0 radical (unpaired) electrons. The Morgan fingerprint density at radius 3 is 2.69 bits per heavy atom. The van der Waals surface area contributed by atoms with Crippen molar-refractivity contribution in [1.82, 2.24) is 4.90 Å². The van der Waals surface area contributed by atoms with Crippen LogP contribution in [0.5, 0.6) is 0 Å². The van der Waals surface area contributed by atoms with E-state index < -0.39 is 0 Å². The molecule has 2 rings (SSSR count). The summed E-state index contributed by atoms with van der Waals surface area (Å²) in [4.78, 5) is 13.9. The third kappa shape index (κ3) is 2.85. The molecule has 2 heteroatoms. The Labute approximate surface area is 99.4 Å². The van der Waals surface area contributed by atoms with E-state index in [9.17, 15) is 4.79 Å². The van der Waals surface area contributed by atoms with E-state index in [4.69, 9.17) is 0 Å². The zero-order valence-electron chi connectivity index (χ0n) is 10.7. The minimum absolute atomic E-state index is 0.459. The Kier molecular flexibility index (Phi) is 4.01. The molecule has 1 heterocycles. The Balaban J connectivity index is 1.86. The fourth-order valence-electron chi connectivity index (χ4n) is 3.29. The zero-order chi connectivity index (χ0) is 11.5. The highest BCUT2D eigenvalue weighted by Crippen LogP contribution is 2.31. The number of hydrogen-bond donors (Lipinski definition) is 0. The third-order valence-electron chi connectivity index (χ3n) is 4.58. The van der Waals surface area contributed by atoms with E-state index in [1.165, 1.54) is 32.2 Å². The average Bonchev–Trinajstić information content (AvgIpc) is 2.25. The van der Waals surface area contributed by atoms with Crippen LogP contribution in [0.1, 0.15) is 52.4 Å². The predicted molar refractivity (Wildman–Crippen MR) is 66.4 cm³/mol. The lowest BCUT2D eigenvalue weighted by atomic mass is 9.79. The van der Waals surface area contributed by atoms with Crippen LogP contribution in [-0.2, 0) is 4.79 Å². The topological polar surface area (TPSA) is 20.3 Å². The van der Waals surface area contributed by atoms with Gasteiger partial charge >= 0.3 is 0 Å². The van der Waals surface area contributed by atoms with Gasteiger partial charge in [-0.15, -0.1) is 0 Å². The maximum Gasteiger partial charge on any atom is 0.135 e. The molecule has 2 nitrogen and oxygen atoms in total. The summed E-state index contributed by atoms with van der Waals surface area (Å²) in [6.45, 7) is 6.85. The molecule has 1 saturated heterocycles. The van der Waals surface area contributed by atoms with Crippen LogP contribution in [0.25, 0.3) is 0 Å². The number of likely N-dealkylation sites (tertiary alicyclic amines) is 1. The number of Topliss-reactive ketones (excluding diaryl/α,β-unsaturated/α-hetero) is 1. The molecule has 16 heavy (non-hydrogen) atoms. The SMILES string of the molecule is CC1CCCCC1CN1CCC(=O)CC1C. The summed E-state index contributed by atoms with van der Waals surface area (Å²) in [6.07, 6.45) is 7.21. The van der Waals surface area contributed by atoms with Crippen LogP contribution in [0.15, 0.2) is 0 Å². The van der Waals surface area contributed by atoms with Crippen LogP contribution in [0.2, 0.25) is 0 Å². The van der Waals surface area contributed by atoms with Crippen molar-refractivity contribution in [3.05, 3.63) is 0 Å². The maximum absolute atomic E-state index is 11.3. The molecule has 0 bridgehead atoms. The van der Waals surface area contributed by atoms with Crippen molar-refractivity contribution in [2.45, 2.75) is 58.4 Å². The summed E-state index contributed by atoms with van der Waals surface area (Å²) in [5, 5.41) is 0. The minimum Gasteiger partial charge on any atom is -0.300 e. The number of rotatable bonds is 2. The van der Waals surface area contributed by atoms with Gasteiger partial charge in [0.05, 0.1) is 0 Å². The summed E-state index contributed by atoms with van der Waals surface area (Å²) in [6, 6.07) is 0.482. The average molecular weight is 223 g/mol. The van der Waals surface area contributed by atoms with Gasteiger partial charge in [-0.3, -0.25) is 9.69 Å². The van der Waals surface area contributed by atoms with Gasteiger partial charge in [0.2, 0.25) is 0 Å². The highest BCUT2D eigenvalue weighted by Gasteiger charge is 2.28. The van der Waals surface area contributed by atoms with Gasteiger partial charge in [-0.25, -0.2) is 0 Å². The molecule has 0 aromatic carbocycles. The van der Waals surface area contributed by atoms with Gasteiger partial charge in [0, 0.05) is 32.0 Å². The number of carbonyl (C=O) groups is 1. The lowest BCUT2D eigenvalue weighted by Crippen LogP contribution is -2.44. The Bertz CT molecular complexity index is 251. The van der Waals surface area contributed by atoms with Crippen molar-refractivity contribution in [3.63, 3.8) is 0 Å². The standard InChI is InChI=1S/C14H25NO/c1-11-5-3-4-6-13(11)10-15-8-7-14(16)9-12(15)2/h11-13H,3-10H2,1-2H3. The van der Waals surface area contributed by atoms with Gasteiger partial charge in [0.1, 0.15) is 5.78 Å². The second-order valence-electron chi connectivity index (χ2n) is 5.86. The first-order chi connectivity index (χ1) is 7.66. The number of piperidine rings is 1. The molecule has 92 valence electrons. The molecule has 0 N–H and O–H groups in total. The van der Waals surface area contributed by atoms with E-state index in [1.807, 2.05) is 0 Å². The molecule has 2 fully saturated rings. The second kappa shape index (κ2) is 5.31. The minimum atomic E-state index is 0.459. The molecule has 0 amide bonds. The largest absolute Gasteiger partial charge is 0.300 e. The lowest BCUT2D eigenvalue weighted by Gasteiger charge is -2.38. The maximum atomic E-state index is 11.3. The Morgan fingerprint density at radius 1 is 1.25 bits per heavy atom. The molecular formula is C14H25NO. The summed E-state index contributed by atoms with van der Waals surface area (Å²) in [5.74, 6) is 2.23. The normalized spacial score (nSPS) is 37.6. The first-order valence-corrected chi connectivity index (χ1v) is 6.92. The Morgan fingerprint density at radius 2 is 2.00 bits per heavy atom. The molecule has 1 aliphatic heterocycles. The smallest absolute Gasteiger partial charge is 0.135 e. The third-order valence-corrected chi connectivity index (χ3v) is 4.58. The van der Waals surface area contributed by atoms with E-state index in [2.05, 4.69) is 18.7 Å². The molecule has 1 saturated carbocycles. The van der Waals surface area contributed by atoms with Crippen molar-refractivity contribution in [1.29, 1.82) is 0 Å².